The Hall–Kier alpha value is -1.26. The summed E-state index contributed by atoms with van der Waals surface area (Å²) in [4.78, 5) is 22.3. The van der Waals surface area contributed by atoms with Crippen molar-refractivity contribution in [1.29, 1.82) is 0 Å². The molecule has 5 heteroatoms. The second kappa shape index (κ2) is 4.51. The van der Waals surface area contributed by atoms with Gasteiger partial charge in [-0.1, -0.05) is 25.9 Å². The van der Waals surface area contributed by atoms with Crippen molar-refractivity contribution in [3.8, 4) is 0 Å². The highest BCUT2D eigenvalue weighted by Gasteiger charge is 2.22. The van der Waals surface area contributed by atoms with Crippen molar-refractivity contribution in [1.82, 2.24) is 0 Å². The minimum absolute atomic E-state index is 0.451. The number of carbonyl (C=O) groups is 2. The van der Waals surface area contributed by atoms with E-state index in [1.807, 2.05) is 0 Å². The van der Waals surface area contributed by atoms with Crippen molar-refractivity contribution >= 4 is 12.0 Å². The van der Waals surface area contributed by atoms with Crippen LogP contribution in [-0.4, -0.2) is 17.6 Å². The Labute approximate surface area is 89.9 Å². The van der Waals surface area contributed by atoms with E-state index in [0.29, 0.717) is 0 Å². The molecule has 0 N–H and O–H groups in total. The molecule has 15 heavy (non-hydrogen) atoms. The summed E-state index contributed by atoms with van der Waals surface area (Å²) in [6.45, 7) is 10.2. The topological polar surface area (TPSA) is 68.1 Å². The second-order valence-corrected chi connectivity index (χ2v) is 5.24. The van der Waals surface area contributed by atoms with Crippen molar-refractivity contribution in [3.05, 3.63) is 0 Å². The van der Waals surface area contributed by atoms with Crippen molar-refractivity contribution in [2.75, 3.05) is 0 Å². The lowest BCUT2D eigenvalue weighted by Crippen LogP contribution is -2.22. The Balaban J connectivity index is 4.32. The summed E-state index contributed by atoms with van der Waals surface area (Å²) in [6, 6.07) is 0. The van der Waals surface area contributed by atoms with E-state index in [0.717, 1.165) is 0 Å². The summed E-state index contributed by atoms with van der Waals surface area (Å²) in [7, 11) is 0. The van der Waals surface area contributed by atoms with Gasteiger partial charge in [0.25, 0.3) is 5.91 Å². The highest BCUT2D eigenvalue weighted by Crippen LogP contribution is 2.15. The minimum Gasteiger partial charge on any atom is -0.441 e. The van der Waals surface area contributed by atoms with E-state index < -0.39 is 23.0 Å². The summed E-state index contributed by atoms with van der Waals surface area (Å²) in [6.07, 6.45) is -0.847. The number of hydrogen-bond acceptors (Lipinski definition) is 3. The molecule has 86 valence electrons. The molecule has 0 fully saturated rings. The van der Waals surface area contributed by atoms with Crippen molar-refractivity contribution in [2.24, 2.45) is 15.6 Å². The van der Waals surface area contributed by atoms with Crippen LogP contribution < -0.4 is 0 Å². The first kappa shape index (κ1) is 13.7. The molecule has 0 saturated heterocycles. The van der Waals surface area contributed by atoms with E-state index in [1.54, 1.807) is 41.5 Å². The average Bonchev–Trinajstić information content (AvgIpc) is 1.94. The predicted molar refractivity (Wildman–Crippen MR) is 55.6 cm³/mol. The van der Waals surface area contributed by atoms with Gasteiger partial charge in [0.05, 0.1) is 0 Å². The molecule has 0 aliphatic rings. The van der Waals surface area contributed by atoms with Gasteiger partial charge in [-0.25, -0.2) is 4.79 Å². The van der Waals surface area contributed by atoms with Crippen LogP contribution in [0.25, 0.3) is 0 Å². The third-order valence-electron chi connectivity index (χ3n) is 1.26. The summed E-state index contributed by atoms with van der Waals surface area (Å²) < 4.78 is 4.85. The zero-order valence-corrected chi connectivity index (χ0v) is 10.1. The molecule has 0 atom stereocenters. The largest absolute Gasteiger partial charge is 0.453 e. The number of nitrogens with zero attached hydrogens (tertiary/aromatic N) is 2. The Morgan fingerprint density at radius 2 is 1.40 bits per heavy atom. The SMILES string of the molecule is CC(C)(C)OC(=O)/N=N/C(=O)C(C)(C)C. The zero-order valence-electron chi connectivity index (χ0n) is 10.1. The summed E-state index contributed by atoms with van der Waals surface area (Å²) >= 11 is 0. The molecular formula is C10H18N2O3. The molecule has 0 radical (unpaired) electrons. The molecule has 0 aliphatic heterocycles. The monoisotopic (exact) mass is 214 g/mol. The Morgan fingerprint density at radius 3 is 1.73 bits per heavy atom. The Morgan fingerprint density at radius 1 is 0.933 bits per heavy atom. The molecule has 2 amide bonds. The molecule has 0 rings (SSSR count). The van der Waals surface area contributed by atoms with Crippen LogP contribution in [-0.2, 0) is 9.53 Å². The third-order valence-corrected chi connectivity index (χ3v) is 1.26. The molecule has 0 aromatic heterocycles. The van der Waals surface area contributed by atoms with Crippen LogP contribution in [0.1, 0.15) is 41.5 Å². The lowest BCUT2D eigenvalue weighted by atomic mass is 9.96. The van der Waals surface area contributed by atoms with Gasteiger partial charge in [0.2, 0.25) is 0 Å². The molecule has 0 aromatic rings. The molecule has 0 spiro atoms. The van der Waals surface area contributed by atoms with Gasteiger partial charge in [0, 0.05) is 5.41 Å². The number of carbonyl (C=O) groups excluding carboxylic acids is 2. The minimum atomic E-state index is -0.847. The maximum Gasteiger partial charge on any atom is 0.453 e. The fraction of sp³-hybridized carbons (Fsp3) is 0.800. The smallest absolute Gasteiger partial charge is 0.441 e. The first-order valence-corrected chi connectivity index (χ1v) is 4.71. The normalized spacial score (nSPS) is 12.9. The summed E-state index contributed by atoms with van der Waals surface area (Å²) in [5, 5.41) is 6.48. The lowest BCUT2D eigenvalue weighted by molar-refractivity contribution is -0.125. The van der Waals surface area contributed by atoms with E-state index in [9.17, 15) is 9.59 Å². The van der Waals surface area contributed by atoms with Gasteiger partial charge in [-0.2, -0.15) is 0 Å². The third kappa shape index (κ3) is 6.76. The fourth-order valence-electron chi connectivity index (χ4n) is 0.519. The fourth-order valence-corrected chi connectivity index (χ4v) is 0.519. The number of hydrogen-bond donors (Lipinski definition) is 0. The van der Waals surface area contributed by atoms with Crippen LogP contribution >= 0.6 is 0 Å². The molecular weight excluding hydrogens is 196 g/mol. The number of ether oxygens (including phenoxy) is 1. The predicted octanol–water partition coefficient (Wildman–Crippen LogP) is 2.95. The van der Waals surface area contributed by atoms with Crippen LogP contribution in [0.2, 0.25) is 0 Å². The first-order valence-electron chi connectivity index (χ1n) is 4.71. The Bertz CT molecular complexity index is 282. The maximum atomic E-state index is 11.3. The van der Waals surface area contributed by atoms with Gasteiger partial charge in [-0.05, 0) is 20.8 Å². The standard InChI is InChI=1S/C10H18N2O3/c1-9(2,3)7(13)11-12-8(14)15-10(4,5)6/h1-6H3/b12-11+. The number of amides is 2. The van der Waals surface area contributed by atoms with Crippen molar-refractivity contribution < 1.29 is 14.3 Å². The van der Waals surface area contributed by atoms with Gasteiger partial charge >= 0.3 is 6.09 Å². The van der Waals surface area contributed by atoms with E-state index in [4.69, 9.17) is 4.74 Å². The molecule has 5 nitrogen and oxygen atoms in total. The zero-order chi connectivity index (χ0) is 12.3. The van der Waals surface area contributed by atoms with Crippen LogP contribution in [0, 0.1) is 5.41 Å². The highest BCUT2D eigenvalue weighted by atomic mass is 16.6. The van der Waals surface area contributed by atoms with Crippen LogP contribution in [0.3, 0.4) is 0 Å². The summed E-state index contributed by atoms with van der Waals surface area (Å²) in [5.74, 6) is -0.451. The van der Waals surface area contributed by atoms with Crippen molar-refractivity contribution in [3.63, 3.8) is 0 Å². The van der Waals surface area contributed by atoms with Gasteiger partial charge in [-0.3, -0.25) is 4.79 Å². The average molecular weight is 214 g/mol. The van der Waals surface area contributed by atoms with E-state index in [1.165, 1.54) is 0 Å². The van der Waals surface area contributed by atoms with Crippen LogP contribution in [0.4, 0.5) is 4.79 Å². The molecule has 0 saturated carbocycles. The lowest BCUT2D eigenvalue weighted by Gasteiger charge is -2.16. The molecule has 0 bridgehead atoms. The molecule has 0 aliphatic carbocycles. The van der Waals surface area contributed by atoms with Gasteiger partial charge in [0.1, 0.15) is 5.60 Å². The van der Waals surface area contributed by atoms with Gasteiger partial charge in [-0.15, -0.1) is 5.11 Å². The number of rotatable bonds is 0. The van der Waals surface area contributed by atoms with Gasteiger partial charge in [0.15, 0.2) is 0 Å². The van der Waals surface area contributed by atoms with Crippen LogP contribution in [0.5, 0.6) is 0 Å². The maximum absolute atomic E-state index is 11.3. The quantitative estimate of drug-likeness (QED) is 0.582. The molecule has 0 aromatic carbocycles. The van der Waals surface area contributed by atoms with Gasteiger partial charge < -0.3 is 4.74 Å². The molecule has 0 unspecified atom stereocenters. The van der Waals surface area contributed by atoms with Crippen molar-refractivity contribution in [2.45, 2.75) is 47.1 Å². The van der Waals surface area contributed by atoms with E-state index in [2.05, 4.69) is 10.2 Å². The molecule has 0 heterocycles. The van der Waals surface area contributed by atoms with E-state index >= 15 is 0 Å². The Kier molecular flexibility index (Phi) is 4.13. The number of azo groups is 1. The second-order valence-electron chi connectivity index (χ2n) is 5.24. The summed E-state index contributed by atoms with van der Waals surface area (Å²) in [5.41, 5.74) is -1.26. The van der Waals surface area contributed by atoms with E-state index in [-0.39, 0.29) is 0 Å². The van der Waals surface area contributed by atoms with Crippen LogP contribution in [0.15, 0.2) is 10.2 Å². The first-order chi connectivity index (χ1) is 6.52. The highest BCUT2D eigenvalue weighted by molar-refractivity contribution is 5.83.